The summed E-state index contributed by atoms with van der Waals surface area (Å²) in [6, 6.07) is 21.4. The molecule has 3 N–H and O–H groups in total. The minimum atomic E-state index is -2.12. The quantitative estimate of drug-likeness (QED) is 0.0567. The van der Waals surface area contributed by atoms with Crippen molar-refractivity contribution in [2.45, 2.75) is 44.4 Å². The molecule has 1 unspecified atom stereocenters. The molecule has 12 nitrogen and oxygen atoms in total. The van der Waals surface area contributed by atoms with E-state index in [0.717, 1.165) is 66.9 Å². The largest absolute Gasteiger partial charge is 0.455 e. The first-order valence-electron chi connectivity index (χ1n) is 18.8. The van der Waals surface area contributed by atoms with Crippen LogP contribution in [0.15, 0.2) is 102 Å². The van der Waals surface area contributed by atoms with Crippen LogP contribution < -0.4 is 14.8 Å². The van der Waals surface area contributed by atoms with E-state index in [1.807, 2.05) is 36.4 Å². The Morgan fingerprint density at radius 3 is 2.63 bits per heavy atom. The number of nitrogens with one attached hydrogen (secondary N) is 3. The zero-order valence-corrected chi connectivity index (χ0v) is 33.7. The number of rotatable bonds is 14. The van der Waals surface area contributed by atoms with E-state index in [-0.39, 0.29) is 33.0 Å². The van der Waals surface area contributed by atoms with Crippen molar-refractivity contribution < 1.29 is 23.4 Å². The number of benzene rings is 3. The maximum absolute atomic E-state index is 13.8. The third-order valence-electron chi connectivity index (χ3n) is 10.5. The van der Waals surface area contributed by atoms with Crippen LogP contribution in [0.1, 0.15) is 61.0 Å². The monoisotopic (exact) mass is 808 g/mol. The number of hydrogen-bond donors (Lipinski definition) is 3. The number of amides is 1. The Hall–Kier alpha value is -5.34. The molecule has 1 atom stereocenters. The number of nitro groups is 1. The van der Waals surface area contributed by atoms with Crippen LogP contribution in [0.5, 0.6) is 11.5 Å². The summed E-state index contributed by atoms with van der Waals surface area (Å²) in [5, 5.41) is 16.4. The molecule has 1 aliphatic heterocycles. The molecule has 0 fully saturated rings. The molecular weight excluding hydrogens is 764 g/mol. The van der Waals surface area contributed by atoms with Gasteiger partial charge in [0.15, 0.2) is 11.0 Å². The summed E-state index contributed by atoms with van der Waals surface area (Å²) in [5.41, 5.74) is 7.25. The maximum Gasteiger partial charge on any atom is 0.293 e. The van der Waals surface area contributed by atoms with Gasteiger partial charge in [0.1, 0.15) is 22.8 Å². The Morgan fingerprint density at radius 1 is 1.07 bits per heavy atom. The molecule has 3 aromatic carbocycles. The summed E-state index contributed by atoms with van der Waals surface area (Å²) in [6.07, 6.45) is 9.63. The summed E-state index contributed by atoms with van der Waals surface area (Å²) in [7, 11) is -0.586. The minimum absolute atomic E-state index is 0.0680. The Kier molecular flexibility index (Phi) is 12.2. The maximum atomic E-state index is 13.8. The number of aromatic amines is 1. The Balaban J connectivity index is 1.12. The molecule has 14 heteroatoms. The van der Waals surface area contributed by atoms with Crippen LogP contribution >= 0.6 is 11.6 Å². The normalized spacial score (nSPS) is 16.2. The first-order chi connectivity index (χ1) is 27.5. The lowest BCUT2D eigenvalue weighted by Crippen LogP contribution is -2.32. The SMILES string of the molecule is COCCNc1ccc(S(=O)NC(=O)c2ccc(C3=CCN(CC4=C(c5ccc(Cl)cc5)CC(C)(C)CC4)CC3)cc2Oc2cnc3[nH]ccc3c2)cc1[N+](=O)[O-]. The molecule has 1 aliphatic carbocycles. The number of carbonyl (C=O) groups excluding carboxylic acids is 1. The number of nitro benzene ring substituents is 1. The number of nitrogens with zero attached hydrogens (tertiary/aromatic N) is 3. The molecule has 296 valence electrons. The zero-order valence-electron chi connectivity index (χ0n) is 32.1. The number of H-pyrrole nitrogens is 1. The van der Waals surface area contributed by atoms with Crippen LogP contribution in [0.3, 0.4) is 0 Å². The highest BCUT2D eigenvalue weighted by atomic mass is 35.5. The fourth-order valence-electron chi connectivity index (χ4n) is 7.36. The molecule has 2 aromatic heterocycles. The zero-order chi connectivity index (χ0) is 40.1. The Labute approximate surface area is 339 Å². The van der Waals surface area contributed by atoms with E-state index < -0.39 is 21.8 Å². The molecule has 3 heterocycles. The lowest BCUT2D eigenvalue weighted by molar-refractivity contribution is -0.384. The van der Waals surface area contributed by atoms with Gasteiger partial charge < -0.3 is 19.8 Å². The molecule has 0 saturated heterocycles. The van der Waals surface area contributed by atoms with Crippen LogP contribution in [0.2, 0.25) is 5.02 Å². The van der Waals surface area contributed by atoms with Crippen molar-refractivity contribution in [1.29, 1.82) is 0 Å². The number of carbonyl (C=O) groups is 1. The summed E-state index contributed by atoms with van der Waals surface area (Å²) in [6.45, 7) is 7.91. The van der Waals surface area contributed by atoms with Crippen molar-refractivity contribution in [2.24, 2.45) is 5.41 Å². The van der Waals surface area contributed by atoms with Crippen LogP contribution in [-0.4, -0.2) is 69.8 Å². The molecule has 0 spiro atoms. The standard InChI is InChI=1S/C43H45ClN6O6S/c1-43(2)16-12-32(37(25-43)29-4-7-33(44)8-5-29)27-49-19-14-28(15-20-49)30-6-10-36(40(23-30)56-34-22-31-13-17-46-41(31)47-26-34)42(51)48-57(54)35-9-11-38(45-18-21-55-3)39(24-35)50(52)53/h4-11,13-14,17,22-24,26,45H,12,15-16,18-21,25,27H2,1-3H3,(H,46,47)(H,48,51). The average Bonchev–Trinajstić information content (AvgIpc) is 3.67. The fourth-order valence-corrected chi connectivity index (χ4v) is 8.29. The number of fused-ring (bicyclic) bond motifs is 1. The smallest absolute Gasteiger partial charge is 0.293 e. The van der Waals surface area contributed by atoms with Crippen molar-refractivity contribution >= 4 is 62.0 Å². The van der Waals surface area contributed by atoms with Gasteiger partial charge in [-0.15, -0.1) is 0 Å². The van der Waals surface area contributed by atoms with Gasteiger partial charge in [-0.25, -0.2) is 9.19 Å². The molecule has 0 radical (unpaired) electrons. The van der Waals surface area contributed by atoms with E-state index in [0.29, 0.717) is 24.5 Å². The third-order valence-corrected chi connectivity index (χ3v) is 11.8. The van der Waals surface area contributed by atoms with Gasteiger partial charge in [-0.1, -0.05) is 55.3 Å². The first kappa shape index (κ1) is 39.9. The van der Waals surface area contributed by atoms with Gasteiger partial charge in [0.25, 0.3) is 11.6 Å². The van der Waals surface area contributed by atoms with Crippen molar-refractivity contribution in [3.8, 4) is 11.5 Å². The highest BCUT2D eigenvalue weighted by molar-refractivity contribution is 7.83. The second-order valence-corrected chi connectivity index (χ2v) is 16.7. The number of halogens is 1. The first-order valence-corrected chi connectivity index (χ1v) is 20.4. The molecule has 0 saturated carbocycles. The predicted molar refractivity (Wildman–Crippen MR) is 225 cm³/mol. The van der Waals surface area contributed by atoms with E-state index in [1.165, 1.54) is 42.0 Å². The van der Waals surface area contributed by atoms with Gasteiger partial charge in [-0.05, 0) is 102 Å². The number of hydrogen-bond acceptors (Lipinski definition) is 9. The molecule has 0 bridgehead atoms. The second-order valence-electron chi connectivity index (χ2n) is 15.1. The summed E-state index contributed by atoms with van der Waals surface area (Å²) in [4.78, 5) is 35.1. The summed E-state index contributed by atoms with van der Waals surface area (Å²) >= 11 is 6.23. The summed E-state index contributed by atoms with van der Waals surface area (Å²) < 4.78 is 27.3. The molecular formula is C43H45ClN6O6S. The highest BCUT2D eigenvalue weighted by Gasteiger charge is 2.29. The van der Waals surface area contributed by atoms with E-state index in [9.17, 15) is 19.1 Å². The Morgan fingerprint density at radius 2 is 1.88 bits per heavy atom. The lowest BCUT2D eigenvalue weighted by Gasteiger charge is -2.36. The van der Waals surface area contributed by atoms with Crippen molar-refractivity contribution in [2.75, 3.05) is 45.2 Å². The average molecular weight is 809 g/mol. The van der Waals surface area contributed by atoms with Gasteiger partial charge in [-0.2, -0.15) is 0 Å². The van der Waals surface area contributed by atoms with Crippen LogP contribution in [0.4, 0.5) is 11.4 Å². The van der Waals surface area contributed by atoms with Gasteiger partial charge in [0, 0.05) is 56.0 Å². The highest BCUT2D eigenvalue weighted by Crippen LogP contribution is 2.43. The van der Waals surface area contributed by atoms with Crippen molar-refractivity contribution in [3.05, 3.63) is 129 Å². The van der Waals surface area contributed by atoms with E-state index in [4.69, 9.17) is 21.1 Å². The number of allylic oxidation sites excluding steroid dienone is 1. The molecule has 5 aromatic rings. The number of aromatic nitrogens is 2. The minimum Gasteiger partial charge on any atom is -0.455 e. The van der Waals surface area contributed by atoms with Crippen LogP contribution in [0.25, 0.3) is 22.2 Å². The second kappa shape index (κ2) is 17.4. The van der Waals surface area contributed by atoms with Crippen molar-refractivity contribution in [3.63, 3.8) is 0 Å². The van der Waals surface area contributed by atoms with E-state index >= 15 is 0 Å². The van der Waals surface area contributed by atoms with Gasteiger partial charge in [0.2, 0.25) is 0 Å². The van der Waals surface area contributed by atoms with Crippen molar-refractivity contribution in [1.82, 2.24) is 19.6 Å². The summed E-state index contributed by atoms with van der Waals surface area (Å²) in [5.74, 6) is 0.0128. The third kappa shape index (κ3) is 9.62. The van der Waals surface area contributed by atoms with E-state index in [2.05, 4.69) is 57.0 Å². The topological polar surface area (TPSA) is 152 Å². The molecule has 7 rings (SSSR count). The van der Waals surface area contributed by atoms with Gasteiger partial charge >= 0.3 is 0 Å². The molecule has 2 aliphatic rings. The van der Waals surface area contributed by atoms with Crippen LogP contribution in [0, 0.1) is 15.5 Å². The lowest BCUT2D eigenvalue weighted by atomic mass is 9.72. The van der Waals surface area contributed by atoms with Gasteiger partial charge in [0.05, 0.1) is 28.2 Å². The molecule has 1 amide bonds. The van der Waals surface area contributed by atoms with E-state index in [1.54, 1.807) is 18.5 Å². The number of pyridine rings is 1. The number of ether oxygens (including phenoxy) is 2. The predicted octanol–water partition coefficient (Wildman–Crippen LogP) is 9.18. The number of methoxy groups -OCH3 is 1. The van der Waals surface area contributed by atoms with Crippen LogP contribution in [-0.2, 0) is 15.7 Å². The fraction of sp³-hybridized carbons (Fsp3) is 0.302. The molecule has 57 heavy (non-hydrogen) atoms. The Bertz CT molecular complexity index is 2390. The van der Waals surface area contributed by atoms with Gasteiger partial charge in [-0.3, -0.25) is 24.5 Å². The number of anilines is 1.